The lowest BCUT2D eigenvalue weighted by Gasteiger charge is -2.15. The minimum absolute atomic E-state index is 0.248. The van der Waals surface area contributed by atoms with Crippen molar-refractivity contribution in [3.63, 3.8) is 0 Å². The molecule has 1 unspecified atom stereocenters. The normalized spacial score (nSPS) is 23.7. The van der Waals surface area contributed by atoms with E-state index < -0.39 is 0 Å². The maximum Gasteiger partial charge on any atom is 0.0984 e. The fraction of sp³-hybridized carbons (Fsp3) is 0.364. The number of hydrogen-bond donors (Lipinski definition) is 0. The zero-order valence-corrected chi connectivity index (χ0v) is 9.81. The maximum absolute atomic E-state index is 8.33. The van der Waals surface area contributed by atoms with Crippen molar-refractivity contribution in [3.8, 4) is 0 Å². The molecule has 1 aromatic rings. The highest BCUT2D eigenvalue weighted by molar-refractivity contribution is 8.14. The topological polar surface area (TPSA) is 61.1 Å². The summed E-state index contributed by atoms with van der Waals surface area (Å²) in [5.41, 5.74) is 9.22. The third kappa shape index (κ3) is 2.38. The van der Waals surface area contributed by atoms with Gasteiger partial charge in [0, 0.05) is 16.2 Å². The highest BCUT2D eigenvalue weighted by Gasteiger charge is 2.30. The van der Waals surface area contributed by atoms with Crippen molar-refractivity contribution in [2.24, 2.45) is 10.1 Å². The molecule has 1 heterocycles. The summed E-state index contributed by atoms with van der Waals surface area (Å²) < 4.78 is 0. The van der Waals surface area contributed by atoms with Crippen molar-refractivity contribution < 1.29 is 0 Å². The highest BCUT2D eigenvalue weighted by atomic mass is 32.2. The Morgan fingerprint density at radius 2 is 2.25 bits per heavy atom. The molecule has 0 bridgehead atoms. The van der Waals surface area contributed by atoms with E-state index in [0.29, 0.717) is 6.54 Å². The molecule has 5 heteroatoms. The van der Waals surface area contributed by atoms with E-state index in [4.69, 9.17) is 5.53 Å². The van der Waals surface area contributed by atoms with Gasteiger partial charge in [0.25, 0.3) is 0 Å². The Morgan fingerprint density at radius 1 is 1.50 bits per heavy atom. The fourth-order valence-electron chi connectivity index (χ4n) is 1.53. The fourth-order valence-corrected chi connectivity index (χ4v) is 2.72. The number of rotatable bonds is 3. The Labute approximate surface area is 98.4 Å². The number of azide groups is 1. The van der Waals surface area contributed by atoms with Crippen molar-refractivity contribution >= 4 is 16.8 Å². The summed E-state index contributed by atoms with van der Waals surface area (Å²) in [7, 11) is 0. The third-order valence-corrected chi connectivity index (χ3v) is 3.75. The molecule has 0 spiro atoms. The summed E-state index contributed by atoms with van der Waals surface area (Å²) >= 11 is 1.72. The molecule has 82 valence electrons. The van der Waals surface area contributed by atoms with Crippen LogP contribution in [-0.2, 0) is 0 Å². The van der Waals surface area contributed by atoms with Crippen LogP contribution < -0.4 is 0 Å². The number of nitrogens with zero attached hydrogens (tertiary/aromatic N) is 4. The molecular weight excluding hydrogens is 220 g/mol. The van der Waals surface area contributed by atoms with Crippen LogP contribution in [0.3, 0.4) is 0 Å². The highest BCUT2D eigenvalue weighted by Crippen LogP contribution is 2.31. The Kier molecular flexibility index (Phi) is 3.17. The summed E-state index contributed by atoms with van der Waals surface area (Å²) in [6.07, 6.45) is 0. The molecule has 0 fully saturated rings. The van der Waals surface area contributed by atoms with Crippen LogP contribution in [0.5, 0.6) is 0 Å². The molecule has 0 radical (unpaired) electrons. The van der Waals surface area contributed by atoms with Crippen LogP contribution in [0, 0.1) is 0 Å². The SMILES string of the molecule is CC1(CN=[N+]=[N-])CSC(c2ccccc2)=N1. The first-order chi connectivity index (χ1) is 7.73. The minimum atomic E-state index is -0.248. The number of thioether (sulfide) groups is 1. The molecule has 0 aromatic heterocycles. The van der Waals surface area contributed by atoms with Crippen LogP contribution in [0.15, 0.2) is 40.4 Å². The van der Waals surface area contributed by atoms with Crippen molar-refractivity contribution in [1.29, 1.82) is 0 Å². The van der Waals surface area contributed by atoms with Gasteiger partial charge in [0.15, 0.2) is 0 Å². The molecular formula is C11H12N4S. The van der Waals surface area contributed by atoms with Gasteiger partial charge in [-0.15, -0.1) is 11.8 Å². The van der Waals surface area contributed by atoms with Gasteiger partial charge >= 0.3 is 0 Å². The first-order valence-corrected chi connectivity index (χ1v) is 6.01. The molecule has 0 saturated carbocycles. The monoisotopic (exact) mass is 232 g/mol. The molecule has 4 nitrogen and oxygen atoms in total. The standard InChI is InChI=1S/C11H12N4S/c1-11(7-13-15-12)8-16-10(14-11)9-5-3-2-4-6-9/h2-6H,7-8H2,1H3. The number of hydrogen-bond acceptors (Lipinski definition) is 3. The molecule has 1 atom stereocenters. The average Bonchev–Trinajstić information content (AvgIpc) is 2.71. The van der Waals surface area contributed by atoms with Gasteiger partial charge in [0.1, 0.15) is 0 Å². The van der Waals surface area contributed by atoms with Crippen molar-refractivity contribution in [1.82, 2.24) is 0 Å². The first kappa shape index (κ1) is 11.0. The Morgan fingerprint density at radius 3 is 2.94 bits per heavy atom. The second kappa shape index (κ2) is 4.60. The van der Waals surface area contributed by atoms with E-state index >= 15 is 0 Å². The Bertz CT molecular complexity index is 450. The molecule has 1 aliphatic heterocycles. The molecule has 1 aliphatic rings. The molecule has 1 aromatic carbocycles. The number of benzene rings is 1. The van der Waals surface area contributed by atoms with E-state index in [9.17, 15) is 0 Å². The summed E-state index contributed by atoms with van der Waals surface area (Å²) in [4.78, 5) is 7.43. The van der Waals surface area contributed by atoms with Crippen LogP contribution in [0.2, 0.25) is 0 Å². The maximum atomic E-state index is 8.33. The summed E-state index contributed by atoms with van der Waals surface area (Å²) in [6.45, 7) is 2.44. The van der Waals surface area contributed by atoms with Gasteiger partial charge in [-0.1, -0.05) is 35.4 Å². The summed E-state index contributed by atoms with van der Waals surface area (Å²) in [5, 5.41) is 4.65. The van der Waals surface area contributed by atoms with Crippen molar-refractivity contribution in [2.45, 2.75) is 12.5 Å². The first-order valence-electron chi connectivity index (χ1n) is 5.02. The van der Waals surface area contributed by atoms with Gasteiger partial charge < -0.3 is 0 Å². The zero-order valence-electron chi connectivity index (χ0n) is 9.00. The number of aliphatic imine (C=N–C) groups is 1. The van der Waals surface area contributed by atoms with Gasteiger partial charge in [-0.2, -0.15) is 0 Å². The smallest absolute Gasteiger partial charge is 0.0984 e. The Balaban J connectivity index is 2.20. The van der Waals surface area contributed by atoms with E-state index in [1.165, 1.54) is 0 Å². The lowest BCUT2D eigenvalue weighted by atomic mass is 10.1. The molecule has 2 rings (SSSR count). The largest absolute Gasteiger partial charge is 0.270 e. The van der Waals surface area contributed by atoms with Crippen LogP contribution in [0.1, 0.15) is 12.5 Å². The van der Waals surface area contributed by atoms with E-state index in [0.717, 1.165) is 16.4 Å². The molecule has 0 aliphatic carbocycles. The van der Waals surface area contributed by atoms with Crippen LogP contribution in [0.25, 0.3) is 10.4 Å². The summed E-state index contributed by atoms with van der Waals surface area (Å²) in [6, 6.07) is 10.1. The quantitative estimate of drug-likeness (QED) is 0.448. The second-order valence-corrected chi connectivity index (χ2v) is 4.92. The van der Waals surface area contributed by atoms with Crippen LogP contribution >= 0.6 is 11.8 Å². The van der Waals surface area contributed by atoms with Crippen LogP contribution in [-0.4, -0.2) is 22.9 Å². The third-order valence-electron chi connectivity index (χ3n) is 2.39. The average molecular weight is 232 g/mol. The predicted molar refractivity (Wildman–Crippen MR) is 67.9 cm³/mol. The van der Waals surface area contributed by atoms with Gasteiger partial charge in [-0.25, -0.2) is 0 Å². The molecule has 16 heavy (non-hydrogen) atoms. The second-order valence-electron chi connectivity index (χ2n) is 3.96. The minimum Gasteiger partial charge on any atom is -0.270 e. The van der Waals surface area contributed by atoms with Gasteiger partial charge in [0.2, 0.25) is 0 Å². The van der Waals surface area contributed by atoms with E-state index in [2.05, 4.69) is 15.0 Å². The lowest BCUT2D eigenvalue weighted by Crippen LogP contribution is -2.25. The van der Waals surface area contributed by atoms with Gasteiger partial charge in [-0.05, 0) is 12.5 Å². The zero-order chi connectivity index (χ0) is 11.4. The summed E-state index contributed by atoms with van der Waals surface area (Å²) in [5.74, 6) is 0.871. The lowest BCUT2D eigenvalue weighted by molar-refractivity contribution is 0.553. The van der Waals surface area contributed by atoms with Gasteiger partial charge in [-0.3, -0.25) is 4.99 Å². The molecule has 0 N–H and O–H groups in total. The van der Waals surface area contributed by atoms with Crippen LogP contribution in [0.4, 0.5) is 0 Å². The van der Waals surface area contributed by atoms with Gasteiger partial charge in [0.05, 0.1) is 17.1 Å². The van der Waals surface area contributed by atoms with Crippen molar-refractivity contribution in [3.05, 3.63) is 46.3 Å². The molecule has 0 amide bonds. The Hall–Kier alpha value is -1.45. The predicted octanol–water partition coefficient (Wildman–Crippen LogP) is 3.25. The van der Waals surface area contributed by atoms with E-state index in [1.807, 2.05) is 37.3 Å². The molecule has 0 saturated heterocycles. The van der Waals surface area contributed by atoms with Crippen molar-refractivity contribution in [2.75, 3.05) is 12.3 Å². The van der Waals surface area contributed by atoms with E-state index in [-0.39, 0.29) is 5.54 Å². The van der Waals surface area contributed by atoms with E-state index in [1.54, 1.807) is 11.8 Å².